The van der Waals surface area contributed by atoms with Crippen LogP contribution in [0.3, 0.4) is 0 Å². The van der Waals surface area contributed by atoms with Crippen molar-refractivity contribution in [3.63, 3.8) is 0 Å². The van der Waals surface area contributed by atoms with Crippen LogP contribution in [0.1, 0.15) is 12.0 Å². The van der Waals surface area contributed by atoms with E-state index in [1.807, 2.05) is 30.3 Å². The smallest absolute Gasteiger partial charge is 0.371 e. The number of anilines is 3. The van der Waals surface area contributed by atoms with Gasteiger partial charge >= 0.3 is 6.18 Å². The fourth-order valence-corrected chi connectivity index (χ4v) is 3.89. The molecule has 1 N–H and O–H groups in total. The van der Waals surface area contributed by atoms with Gasteiger partial charge in [-0.3, -0.25) is 0 Å². The van der Waals surface area contributed by atoms with Crippen molar-refractivity contribution in [3.8, 4) is 0 Å². The number of aromatic nitrogens is 1. The van der Waals surface area contributed by atoms with Crippen molar-refractivity contribution in [1.29, 1.82) is 0 Å². The van der Waals surface area contributed by atoms with Gasteiger partial charge < -0.3 is 15.0 Å². The molecule has 3 aliphatic heterocycles. The first-order chi connectivity index (χ1) is 13.5. The molecular weight excluding hydrogens is 367 g/mol. The minimum absolute atomic E-state index is 0.242. The largest absolute Gasteiger partial charge is 0.416 e. The third-order valence-electron chi connectivity index (χ3n) is 5.26. The van der Waals surface area contributed by atoms with E-state index in [2.05, 4.69) is 10.2 Å². The lowest BCUT2D eigenvalue weighted by Gasteiger charge is -2.47. The Hall–Kier alpha value is -2.80. The number of benzene rings is 2. The minimum atomic E-state index is -4.39. The number of nitrogens with one attached hydrogen (secondary N) is 1. The number of alkyl halides is 3. The van der Waals surface area contributed by atoms with Gasteiger partial charge in [0.1, 0.15) is 11.6 Å². The predicted molar refractivity (Wildman–Crippen MR) is 102 cm³/mol. The van der Waals surface area contributed by atoms with Crippen LogP contribution in [0.2, 0.25) is 0 Å². The van der Waals surface area contributed by atoms with Gasteiger partial charge in [0, 0.05) is 30.6 Å². The molecule has 3 fully saturated rings. The summed E-state index contributed by atoms with van der Waals surface area (Å²) in [5.74, 6) is 1.36. The number of fused-ring (bicyclic) bond motifs is 3. The first kappa shape index (κ1) is 17.3. The van der Waals surface area contributed by atoms with Crippen LogP contribution < -0.4 is 10.2 Å². The second kappa shape index (κ2) is 6.38. The summed E-state index contributed by atoms with van der Waals surface area (Å²) in [5, 5.41) is 4.94. The van der Waals surface area contributed by atoms with Gasteiger partial charge in [0.05, 0.1) is 17.8 Å². The third-order valence-corrected chi connectivity index (χ3v) is 5.26. The van der Waals surface area contributed by atoms with Crippen molar-refractivity contribution in [2.24, 2.45) is 0 Å². The van der Waals surface area contributed by atoms with E-state index in [0.29, 0.717) is 11.5 Å². The topological polar surface area (TPSA) is 37.4 Å². The van der Waals surface area contributed by atoms with Crippen molar-refractivity contribution in [2.45, 2.75) is 24.8 Å². The summed E-state index contributed by atoms with van der Waals surface area (Å²) in [7, 11) is 0. The maximum Gasteiger partial charge on any atom is 0.416 e. The zero-order chi connectivity index (χ0) is 19.3. The summed E-state index contributed by atoms with van der Waals surface area (Å²) in [6, 6.07) is 14.9. The summed E-state index contributed by atoms with van der Waals surface area (Å²) in [5.41, 5.74) is -0.333. The van der Waals surface area contributed by atoms with Gasteiger partial charge in [-0.25, -0.2) is 4.98 Å². The molecule has 3 aromatic rings. The Morgan fingerprint density at radius 2 is 1.75 bits per heavy atom. The number of hydrogen-bond acceptors (Lipinski definition) is 4. The van der Waals surface area contributed by atoms with E-state index >= 15 is 0 Å². The van der Waals surface area contributed by atoms with Gasteiger partial charge in [-0.1, -0.05) is 30.3 Å². The maximum atomic E-state index is 13.0. The molecule has 144 valence electrons. The highest BCUT2D eigenvalue weighted by molar-refractivity contribution is 5.95. The molecule has 0 radical (unpaired) electrons. The Kier molecular flexibility index (Phi) is 3.94. The Balaban J connectivity index is 1.53. The Bertz CT molecular complexity index is 1020. The van der Waals surface area contributed by atoms with Crippen molar-refractivity contribution in [2.75, 3.05) is 23.3 Å². The highest BCUT2D eigenvalue weighted by atomic mass is 19.4. The lowest BCUT2D eigenvalue weighted by atomic mass is 9.98. The van der Waals surface area contributed by atoms with E-state index in [1.54, 1.807) is 6.07 Å². The van der Waals surface area contributed by atoms with E-state index < -0.39 is 11.7 Å². The van der Waals surface area contributed by atoms with Gasteiger partial charge in [-0.2, -0.15) is 13.2 Å². The number of piperidine rings is 1. The summed E-state index contributed by atoms with van der Waals surface area (Å²) >= 11 is 0. The number of ether oxygens (including phenoxy) is 1. The first-order valence-electron chi connectivity index (χ1n) is 9.20. The van der Waals surface area contributed by atoms with Crippen LogP contribution in [0.15, 0.2) is 54.6 Å². The average molecular weight is 385 g/mol. The molecule has 0 aliphatic carbocycles. The number of hydrogen-bond donors (Lipinski definition) is 1. The predicted octanol–water partition coefficient (Wildman–Crippen LogP) is 4.97. The molecule has 3 saturated heterocycles. The van der Waals surface area contributed by atoms with Crippen molar-refractivity contribution < 1.29 is 17.9 Å². The van der Waals surface area contributed by atoms with Gasteiger partial charge in [0.15, 0.2) is 0 Å². The highest BCUT2D eigenvalue weighted by Gasteiger charge is 2.39. The third kappa shape index (κ3) is 3.16. The molecule has 2 unspecified atom stereocenters. The zero-order valence-corrected chi connectivity index (χ0v) is 14.9. The van der Waals surface area contributed by atoms with Crippen molar-refractivity contribution in [3.05, 3.63) is 60.2 Å². The second-order valence-corrected chi connectivity index (χ2v) is 7.27. The Morgan fingerprint density at radius 1 is 1.00 bits per heavy atom. The van der Waals surface area contributed by atoms with E-state index in [9.17, 15) is 13.2 Å². The molecule has 2 bridgehead atoms. The molecule has 4 nitrogen and oxygen atoms in total. The fraction of sp³-hybridized carbons (Fsp3) is 0.286. The van der Waals surface area contributed by atoms with Crippen LogP contribution >= 0.6 is 0 Å². The quantitative estimate of drug-likeness (QED) is 0.690. The molecular formula is C21H18F3N3O. The normalized spacial score (nSPS) is 21.5. The van der Waals surface area contributed by atoms with Crippen LogP contribution in [0.25, 0.3) is 10.8 Å². The Morgan fingerprint density at radius 3 is 2.50 bits per heavy atom. The van der Waals surface area contributed by atoms with Crippen LogP contribution in [-0.4, -0.2) is 30.3 Å². The lowest BCUT2D eigenvalue weighted by molar-refractivity contribution is -0.137. The van der Waals surface area contributed by atoms with Crippen LogP contribution in [-0.2, 0) is 10.9 Å². The van der Waals surface area contributed by atoms with Crippen molar-refractivity contribution in [1.82, 2.24) is 4.98 Å². The first-order valence-corrected chi connectivity index (χ1v) is 9.20. The maximum absolute atomic E-state index is 13.0. The summed E-state index contributed by atoms with van der Waals surface area (Å²) in [6.07, 6.45) is -2.82. The van der Waals surface area contributed by atoms with Gasteiger partial charge in [-0.05, 0) is 29.7 Å². The summed E-state index contributed by atoms with van der Waals surface area (Å²) in [4.78, 5) is 6.93. The number of halogens is 3. The van der Waals surface area contributed by atoms with Gasteiger partial charge in [-0.15, -0.1) is 0 Å². The second-order valence-electron chi connectivity index (χ2n) is 7.27. The minimum Gasteiger partial charge on any atom is -0.371 e. The fourth-order valence-electron chi connectivity index (χ4n) is 3.89. The standard InChI is InChI=1S/C21H18F3N3O/c22-21(23,24)14-5-3-6-15(9-14)25-20-18-7-2-1-4-13(18)8-19(26-20)27-11-16-10-17(12-27)28-16/h1-9,16-17H,10-12H2,(H,25,26). The average Bonchev–Trinajstić information content (AvgIpc) is 2.67. The zero-order valence-electron chi connectivity index (χ0n) is 14.9. The molecule has 7 heteroatoms. The van der Waals surface area contributed by atoms with E-state index in [1.165, 1.54) is 6.07 Å². The summed E-state index contributed by atoms with van der Waals surface area (Å²) in [6.45, 7) is 1.57. The van der Waals surface area contributed by atoms with Crippen molar-refractivity contribution >= 4 is 28.1 Å². The lowest BCUT2D eigenvalue weighted by Crippen LogP contribution is -2.57. The molecule has 2 aromatic carbocycles. The van der Waals surface area contributed by atoms with Gasteiger partial charge in [0.25, 0.3) is 0 Å². The number of morpholine rings is 1. The monoisotopic (exact) mass is 385 g/mol. The molecule has 0 saturated carbocycles. The van der Waals surface area contributed by atoms with Crippen LogP contribution in [0, 0.1) is 0 Å². The highest BCUT2D eigenvalue weighted by Crippen LogP contribution is 2.35. The van der Waals surface area contributed by atoms with E-state index in [-0.39, 0.29) is 12.2 Å². The molecule has 2 atom stereocenters. The summed E-state index contributed by atoms with van der Waals surface area (Å²) < 4.78 is 44.8. The molecule has 3 aliphatic rings. The number of pyridine rings is 1. The van der Waals surface area contributed by atoms with Crippen LogP contribution in [0.4, 0.5) is 30.5 Å². The number of nitrogens with zero attached hydrogens (tertiary/aromatic N) is 2. The SMILES string of the molecule is FC(F)(F)c1cccc(Nc2nc(N3CC4CC(C3)O4)cc3ccccc23)c1. The molecule has 1 aromatic heterocycles. The molecule has 6 rings (SSSR count). The molecule has 28 heavy (non-hydrogen) atoms. The molecule has 4 heterocycles. The van der Waals surface area contributed by atoms with Crippen LogP contribution in [0.5, 0.6) is 0 Å². The molecule has 0 amide bonds. The Labute approximate surface area is 159 Å². The van der Waals surface area contributed by atoms with Gasteiger partial charge in [0.2, 0.25) is 0 Å². The van der Waals surface area contributed by atoms with E-state index in [0.717, 1.165) is 48.2 Å². The number of rotatable bonds is 3. The van der Waals surface area contributed by atoms with E-state index in [4.69, 9.17) is 9.72 Å². The molecule has 0 spiro atoms.